The van der Waals surface area contributed by atoms with Crippen LogP contribution in [0.5, 0.6) is 0 Å². The number of cyclic esters (lactones) is 1. The number of hydrogen-bond donors (Lipinski definition) is 0. The number of ether oxygens (including phenoxy) is 2. The fourth-order valence-corrected chi connectivity index (χ4v) is 3.46. The Kier molecular flexibility index (Phi) is 4.07. The monoisotopic (exact) mass is 317 g/mol. The van der Waals surface area contributed by atoms with Gasteiger partial charge in [0.05, 0.1) is 19.1 Å². The van der Waals surface area contributed by atoms with Crippen LogP contribution in [0, 0.1) is 11.8 Å². The van der Waals surface area contributed by atoms with E-state index in [1.807, 2.05) is 30.3 Å². The lowest BCUT2D eigenvalue weighted by atomic mass is 9.80. The Labute approximate surface area is 134 Å². The van der Waals surface area contributed by atoms with Gasteiger partial charge >= 0.3 is 11.9 Å². The van der Waals surface area contributed by atoms with Crippen LogP contribution < -0.4 is 0 Å². The quantitative estimate of drug-likeness (QED) is 0.769. The first-order chi connectivity index (χ1) is 11.0. The van der Waals surface area contributed by atoms with Crippen LogP contribution in [0.2, 0.25) is 0 Å². The highest BCUT2D eigenvalue weighted by Gasteiger charge is 2.53. The molecule has 1 aromatic carbocycles. The first-order valence-corrected chi connectivity index (χ1v) is 7.66. The predicted octanol–water partition coefficient (Wildman–Crippen LogP) is 1.31. The molecule has 2 heterocycles. The molecule has 0 aromatic heterocycles. The van der Waals surface area contributed by atoms with Crippen molar-refractivity contribution in [2.24, 2.45) is 11.8 Å². The smallest absolute Gasteiger partial charge is 0.329 e. The summed E-state index contributed by atoms with van der Waals surface area (Å²) in [5, 5.41) is 0. The maximum Gasteiger partial charge on any atom is 0.329 e. The molecule has 6 heteroatoms. The molecular formula is C17H19NO5. The SMILES string of the molecule is COC(=O)[C@@H]1C[C@H](C)C(=O)N2[C@@H](c3ccccc3)COC(=O)[C@H]12. The number of benzene rings is 1. The number of esters is 2. The van der Waals surface area contributed by atoms with Gasteiger partial charge in [-0.15, -0.1) is 0 Å². The minimum atomic E-state index is -0.912. The molecule has 0 N–H and O–H groups in total. The van der Waals surface area contributed by atoms with Gasteiger partial charge in [-0.2, -0.15) is 0 Å². The van der Waals surface area contributed by atoms with Crippen molar-refractivity contribution >= 4 is 17.8 Å². The minimum absolute atomic E-state index is 0.103. The number of fused-ring (bicyclic) bond motifs is 1. The Morgan fingerprint density at radius 1 is 1.26 bits per heavy atom. The maximum atomic E-state index is 12.7. The summed E-state index contributed by atoms with van der Waals surface area (Å²) in [4.78, 5) is 38.6. The van der Waals surface area contributed by atoms with E-state index in [0.29, 0.717) is 6.42 Å². The number of carbonyl (C=O) groups excluding carboxylic acids is 3. The Bertz CT molecular complexity index is 629. The highest BCUT2D eigenvalue weighted by molar-refractivity contribution is 5.93. The maximum absolute atomic E-state index is 12.7. The van der Waals surface area contributed by atoms with Gasteiger partial charge in [-0.25, -0.2) is 4.79 Å². The molecule has 0 spiro atoms. The highest BCUT2D eigenvalue weighted by atomic mass is 16.5. The average Bonchev–Trinajstić information content (AvgIpc) is 2.58. The Morgan fingerprint density at radius 2 is 1.96 bits per heavy atom. The zero-order chi connectivity index (χ0) is 16.6. The molecule has 3 rings (SSSR count). The third-order valence-electron chi connectivity index (χ3n) is 4.61. The van der Waals surface area contributed by atoms with Crippen molar-refractivity contribution in [3.8, 4) is 0 Å². The fraction of sp³-hybridized carbons (Fsp3) is 0.471. The van der Waals surface area contributed by atoms with Crippen molar-refractivity contribution in [3.05, 3.63) is 35.9 Å². The molecule has 4 atom stereocenters. The third kappa shape index (κ3) is 2.58. The van der Waals surface area contributed by atoms with Gasteiger partial charge in [-0.3, -0.25) is 9.59 Å². The standard InChI is InChI=1S/C17H19NO5/c1-10-8-12(16(20)22-2)14-17(21)23-9-13(18(14)15(10)19)11-6-4-3-5-7-11/h3-7,10,12-14H,8-9H2,1-2H3/t10-,12+,13+,14-/m0/s1. The molecule has 0 bridgehead atoms. The number of methoxy groups -OCH3 is 1. The molecule has 23 heavy (non-hydrogen) atoms. The second kappa shape index (κ2) is 6.02. The molecule has 0 radical (unpaired) electrons. The molecule has 1 amide bonds. The lowest BCUT2D eigenvalue weighted by Gasteiger charge is -2.47. The van der Waals surface area contributed by atoms with Gasteiger partial charge in [0.2, 0.25) is 5.91 Å². The summed E-state index contributed by atoms with van der Waals surface area (Å²) < 4.78 is 10.1. The van der Waals surface area contributed by atoms with Crippen molar-refractivity contribution in [2.45, 2.75) is 25.4 Å². The molecule has 6 nitrogen and oxygen atoms in total. The van der Waals surface area contributed by atoms with Gasteiger partial charge < -0.3 is 14.4 Å². The fourth-order valence-electron chi connectivity index (χ4n) is 3.46. The largest absolute Gasteiger partial charge is 0.469 e. The number of nitrogens with zero attached hydrogens (tertiary/aromatic N) is 1. The first kappa shape index (κ1) is 15.5. The molecule has 2 fully saturated rings. The van der Waals surface area contributed by atoms with Crippen LogP contribution in [0.1, 0.15) is 24.9 Å². The predicted molar refractivity (Wildman–Crippen MR) is 80.1 cm³/mol. The second-order valence-electron chi connectivity index (χ2n) is 6.01. The van der Waals surface area contributed by atoms with Crippen LogP contribution in [0.25, 0.3) is 0 Å². The summed E-state index contributed by atoms with van der Waals surface area (Å²) in [7, 11) is 1.29. The third-order valence-corrected chi connectivity index (χ3v) is 4.61. The normalized spacial score (nSPS) is 30.4. The lowest BCUT2D eigenvalue weighted by Crippen LogP contribution is -2.62. The highest BCUT2D eigenvalue weighted by Crippen LogP contribution is 2.39. The van der Waals surface area contributed by atoms with E-state index in [1.54, 1.807) is 6.92 Å². The van der Waals surface area contributed by atoms with Crippen LogP contribution in [0.15, 0.2) is 30.3 Å². The number of hydrogen-bond acceptors (Lipinski definition) is 5. The second-order valence-corrected chi connectivity index (χ2v) is 6.01. The number of morpholine rings is 1. The van der Waals surface area contributed by atoms with Crippen molar-refractivity contribution in [3.63, 3.8) is 0 Å². The molecule has 122 valence electrons. The molecule has 2 saturated heterocycles. The molecule has 1 aromatic rings. The van der Waals surface area contributed by atoms with E-state index in [4.69, 9.17) is 9.47 Å². The van der Waals surface area contributed by atoms with E-state index in [2.05, 4.69) is 0 Å². The van der Waals surface area contributed by atoms with Crippen molar-refractivity contribution in [1.82, 2.24) is 4.90 Å². The van der Waals surface area contributed by atoms with Crippen LogP contribution >= 0.6 is 0 Å². The van der Waals surface area contributed by atoms with Gasteiger partial charge in [0, 0.05) is 5.92 Å². The summed E-state index contributed by atoms with van der Waals surface area (Å²) in [5.74, 6) is -2.17. The zero-order valence-electron chi connectivity index (χ0n) is 13.1. The summed E-state index contributed by atoms with van der Waals surface area (Å²) >= 11 is 0. The van der Waals surface area contributed by atoms with Gasteiger partial charge in [-0.05, 0) is 12.0 Å². The molecule has 0 saturated carbocycles. The molecule has 0 unspecified atom stereocenters. The van der Waals surface area contributed by atoms with Crippen LogP contribution in [0.4, 0.5) is 0 Å². The topological polar surface area (TPSA) is 72.9 Å². The summed E-state index contributed by atoms with van der Waals surface area (Å²) in [5.41, 5.74) is 0.885. The Morgan fingerprint density at radius 3 is 2.61 bits per heavy atom. The number of amides is 1. The van der Waals surface area contributed by atoms with Crippen molar-refractivity contribution in [2.75, 3.05) is 13.7 Å². The number of piperidine rings is 1. The van der Waals surface area contributed by atoms with Crippen molar-refractivity contribution < 1.29 is 23.9 Å². The Balaban J connectivity index is 2.02. The van der Waals surface area contributed by atoms with E-state index in [-0.39, 0.29) is 24.5 Å². The van der Waals surface area contributed by atoms with E-state index in [1.165, 1.54) is 12.0 Å². The molecule has 2 aliphatic heterocycles. The molecule has 2 aliphatic rings. The van der Waals surface area contributed by atoms with E-state index >= 15 is 0 Å². The number of rotatable bonds is 2. The van der Waals surface area contributed by atoms with Gasteiger partial charge in [0.15, 0.2) is 0 Å². The van der Waals surface area contributed by atoms with Crippen LogP contribution in [-0.2, 0) is 23.9 Å². The van der Waals surface area contributed by atoms with E-state index < -0.39 is 23.9 Å². The van der Waals surface area contributed by atoms with Gasteiger partial charge in [0.1, 0.15) is 12.6 Å². The van der Waals surface area contributed by atoms with E-state index in [9.17, 15) is 14.4 Å². The van der Waals surface area contributed by atoms with Gasteiger partial charge in [-0.1, -0.05) is 37.3 Å². The number of carbonyl (C=O) groups is 3. The Hall–Kier alpha value is -2.37. The molecule has 0 aliphatic carbocycles. The summed E-state index contributed by atoms with van der Waals surface area (Å²) in [6.07, 6.45) is 0.295. The van der Waals surface area contributed by atoms with E-state index in [0.717, 1.165) is 5.56 Å². The average molecular weight is 317 g/mol. The molecular weight excluding hydrogens is 298 g/mol. The van der Waals surface area contributed by atoms with Crippen LogP contribution in [-0.4, -0.2) is 42.5 Å². The summed E-state index contributed by atoms with van der Waals surface area (Å²) in [6.45, 7) is 1.88. The minimum Gasteiger partial charge on any atom is -0.469 e. The first-order valence-electron chi connectivity index (χ1n) is 7.66. The van der Waals surface area contributed by atoms with Crippen molar-refractivity contribution in [1.29, 1.82) is 0 Å². The lowest BCUT2D eigenvalue weighted by molar-refractivity contribution is -0.185. The van der Waals surface area contributed by atoms with Gasteiger partial charge in [0.25, 0.3) is 0 Å². The zero-order valence-corrected chi connectivity index (χ0v) is 13.1. The summed E-state index contributed by atoms with van der Waals surface area (Å²) in [6, 6.07) is 8.12. The van der Waals surface area contributed by atoms with Crippen LogP contribution in [0.3, 0.4) is 0 Å².